The van der Waals surface area contributed by atoms with Gasteiger partial charge < -0.3 is 14.7 Å². The average Bonchev–Trinajstić information content (AvgIpc) is 2.71. The normalized spacial score (nSPS) is 14.3. The molecule has 2 aromatic rings. The van der Waals surface area contributed by atoms with Crippen molar-refractivity contribution < 1.29 is 9.59 Å². The molecule has 0 aliphatic carbocycles. The van der Waals surface area contributed by atoms with Crippen LogP contribution < -0.4 is 4.90 Å². The first-order valence-corrected chi connectivity index (χ1v) is 8.92. The van der Waals surface area contributed by atoms with Gasteiger partial charge in [0.25, 0.3) is 0 Å². The van der Waals surface area contributed by atoms with Crippen LogP contribution in [0.5, 0.6) is 0 Å². The Balaban J connectivity index is 1.64. The zero-order chi connectivity index (χ0) is 18.5. The molecule has 0 atom stereocenters. The van der Waals surface area contributed by atoms with E-state index < -0.39 is 0 Å². The second-order valence-electron chi connectivity index (χ2n) is 6.27. The van der Waals surface area contributed by atoms with E-state index in [1.165, 1.54) is 11.0 Å². The van der Waals surface area contributed by atoms with Crippen LogP contribution in [0.2, 0.25) is 0 Å². The van der Waals surface area contributed by atoms with Crippen molar-refractivity contribution in [2.75, 3.05) is 44.2 Å². The minimum absolute atomic E-state index is 0.0127. The summed E-state index contributed by atoms with van der Waals surface area (Å²) in [4.78, 5) is 34.3. The molecule has 0 saturated carbocycles. The van der Waals surface area contributed by atoms with Crippen molar-refractivity contribution in [3.8, 4) is 0 Å². The molecule has 6 heteroatoms. The standard InChI is InChI=1S/C20H24N4O2/c1-3-19(25)22(4-2)15-20(26)24-13-11-23(12-14-24)18-9-10-21-17-8-6-5-7-16(17)18/h3,5-10H,1,4,11-15H2,2H3. The Morgan fingerprint density at radius 1 is 1.19 bits per heavy atom. The maximum Gasteiger partial charge on any atom is 0.246 e. The first-order chi connectivity index (χ1) is 12.6. The molecule has 0 spiro atoms. The predicted molar refractivity (Wildman–Crippen MR) is 103 cm³/mol. The lowest BCUT2D eigenvalue weighted by Crippen LogP contribution is -2.51. The Morgan fingerprint density at radius 3 is 2.62 bits per heavy atom. The van der Waals surface area contributed by atoms with Crippen LogP contribution in [0.3, 0.4) is 0 Å². The summed E-state index contributed by atoms with van der Waals surface area (Å²) < 4.78 is 0. The number of rotatable bonds is 5. The lowest BCUT2D eigenvalue weighted by molar-refractivity contribution is -0.138. The van der Waals surface area contributed by atoms with Crippen molar-refractivity contribution in [3.05, 3.63) is 49.2 Å². The summed E-state index contributed by atoms with van der Waals surface area (Å²) in [6.45, 7) is 8.79. The van der Waals surface area contributed by atoms with Gasteiger partial charge in [-0.2, -0.15) is 0 Å². The average molecular weight is 352 g/mol. The molecule has 1 aromatic carbocycles. The Labute approximate surface area is 153 Å². The lowest BCUT2D eigenvalue weighted by Gasteiger charge is -2.37. The third-order valence-electron chi connectivity index (χ3n) is 4.79. The van der Waals surface area contributed by atoms with Gasteiger partial charge in [-0.15, -0.1) is 0 Å². The molecule has 1 aliphatic heterocycles. The number of likely N-dealkylation sites (N-methyl/N-ethyl adjacent to an activating group) is 1. The van der Waals surface area contributed by atoms with Crippen LogP contribution in [-0.4, -0.2) is 65.9 Å². The molecule has 2 heterocycles. The number of para-hydroxylation sites is 1. The number of nitrogens with zero attached hydrogens (tertiary/aromatic N) is 4. The topological polar surface area (TPSA) is 56.8 Å². The Hall–Kier alpha value is -2.89. The summed E-state index contributed by atoms with van der Waals surface area (Å²) in [6, 6.07) is 10.1. The van der Waals surface area contributed by atoms with Gasteiger partial charge in [-0.3, -0.25) is 14.6 Å². The minimum Gasteiger partial charge on any atom is -0.367 e. The van der Waals surface area contributed by atoms with Crippen LogP contribution in [0, 0.1) is 0 Å². The summed E-state index contributed by atoms with van der Waals surface area (Å²) in [5.74, 6) is -0.218. The van der Waals surface area contributed by atoms with Gasteiger partial charge in [-0.05, 0) is 25.1 Å². The maximum atomic E-state index is 12.5. The summed E-state index contributed by atoms with van der Waals surface area (Å²) >= 11 is 0. The van der Waals surface area contributed by atoms with Crippen molar-refractivity contribution in [2.24, 2.45) is 0 Å². The van der Waals surface area contributed by atoms with Crippen molar-refractivity contribution in [1.82, 2.24) is 14.8 Å². The monoisotopic (exact) mass is 352 g/mol. The third kappa shape index (κ3) is 3.69. The number of carbonyl (C=O) groups excluding carboxylic acids is 2. The van der Waals surface area contributed by atoms with Gasteiger partial charge in [0.05, 0.1) is 12.1 Å². The van der Waals surface area contributed by atoms with Crippen molar-refractivity contribution in [3.63, 3.8) is 0 Å². The van der Waals surface area contributed by atoms with E-state index in [0.717, 1.165) is 29.7 Å². The second-order valence-corrected chi connectivity index (χ2v) is 6.27. The summed E-state index contributed by atoms with van der Waals surface area (Å²) in [6.07, 6.45) is 3.08. The molecule has 26 heavy (non-hydrogen) atoms. The van der Waals surface area contributed by atoms with Crippen LogP contribution >= 0.6 is 0 Å². The zero-order valence-electron chi connectivity index (χ0n) is 15.1. The number of piperazine rings is 1. The number of aromatic nitrogens is 1. The van der Waals surface area contributed by atoms with E-state index in [2.05, 4.69) is 22.5 Å². The molecule has 0 bridgehead atoms. The number of hydrogen-bond donors (Lipinski definition) is 0. The van der Waals surface area contributed by atoms with E-state index in [-0.39, 0.29) is 18.4 Å². The number of benzene rings is 1. The van der Waals surface area contributed by atoms with Crippen LogP contribution in [0.25, 0.3) is 10.9 Å². The quantitative estimate of drug-likeness (QED) is 0.772. The largest absolute Gasteiger partial charge is 0.367 e. The van der Waals surface area contributed by atoms with Crippen molar-refractivity contribution in [1.29, 1.82) is 0 Å². The van der Waals surface area contributed by atoms with E-state index in [0.29, 0.717) is 19.6 Å². The first-order valence-electron chi connectivity index (χ1n) is 8.92. The smallest absolute Gasteiger partial charge is 0.246 e. The van der Waals surface area contributed by atoms with Crippen LogP contribution in [0.4, 0.5) is 5.69 Å². The first kappa shape index (κ1) is 17.9. The predicted octanol–water partition coefficient (Wildman–Crippen LogP) is 1.92. The van der Waals surface area contributed by atoms with Crippen molar-refractivity contribution >= 4 is 28.4 Å². The van der Waals surface area contributed by atoms with Gasteiger partial charge in [-0.1, -0.05) is 24.8 Å². The zero-order valence-corrected chi connectivity index (χ0v) is 15.1. The highest BCUT2D eigenvalue weighted by Gasteiger charge is 2.24. The highest BCUT2D eigenvalue weighted by molar-refractivity contribution is 5.92. The van der Waals surface area contributed by atoms with Gasteiger partial charge in [-0.25, -0.2) is 0 Å². The lowest BCUT2D eigenvalue weighted by atomic mass is 10.1. The summed E-state index contributed by atoms with van der Waals surface area (Å²) in [5, 5.41) is 1.13. The third-order valence-corrected chi connectivity index (χ3v) is 4.79. The van der Waals surface area contributed by atoms with E-state index in [1.54, 1.807) is 0 Å². The fraction of sp³-hybridized carbons (Fsp3) is 0.350. The molecule has 1 fully saturated rings. The molecule has 2 amide bonds. The molecular weight excluding hydrogens is 328 g/mol. The van der Waals surface area contributed by atoms with Crippen LogP contribution in [0.15, 0.2) is 49.2 Å². The van der Waals surface area contributed by atoms with Crippen molar-refractivity contribution in [2.45, 2.75) is 6.92 Å². The number of amides is 2. The number of fused-ring (bicyclic) bond motifs is 1. The van der Waals surface area contributed by atoms with E-state index in [1.807, 2.05) is 42.3 Å². The van der Waals surface area contributed by atoms with E-state index in [4.69, 9.17) is 0 Å². The highest BCUT2D eigenvalue weighted by atomic mass is 16.2. The van der Waals surface area contributed by atoms with Gasteiger partial charge in [0.15, 0.2) is 0 Å². The number of hydrogen-bond acceptors (Lipinski definition) is 4. The molecule has 1 saturated heterocycles. The molecule has 1 aliphatic rings. The maximum absolute atomic E-state index is 12.5. The molecule has 0 unspecified atom stereocenters. The Bertz CT molecular complexity index is 807. The van der Waals surface area contributed by atoms with Crippen LogP contribution in [-0.2, 0) is 9.59 Å². The molecule has 136 valence electrons. The minimum atomic E-state index is -0.206. The fourth-order valence-corrected chi connectivity index (χ4v) is 3.29. The molecule has 0 radical (unpaired) electrons. The summed E-state index contributed by atoms with van der Waals surface area (Å²) in [7, 11) is 0. The molecule has 0 N–H and O–H groups in total. The molecule has 6 nitrogen and oxygen atoms in total. The van der Waals surface area contributed by atoms with E-state index in [9.17, 15) is 9.59 Å². The summed E-state index contributed by atoms with van der Waals surface area (Å²) in [5.41, 5.74) is 2.13. The SMILES string of the molecule is C=CC(=O)N(CC)CC(=O)N1CCN(c2ccnc3ccccc23)CC1. The molecule has 1 aromatic heterocycles. The van der Waals surface area contributed by atoms with Gasteiger partial charge in [0.1, 0.15) is 0 Å². The number of carbonyl (C=O) groups is 2. The number of pyridine rings is 1. The Kier molecular flexibility index (Phi) is 5.51. The second kappa shape index (κ2) is 7.99. The highest BCUT2D eigenvalue weighted by Crippen LogP contribution is 2.25. The molecule has 3 rings (SSSR count). The van der Waals surface area contributed by atoms with Gasteiger partial charge in [0.2, 0.25) is 11.8 Å². The fourth-order valence-electron chi connectivity index (χ4n) is 3.29. The van der Waals surface area contributed by atoms with E-state index >= 15 is 0 Å². The van der Waals surface area contributed by atoms with Gasteiger partial charge in [0, 0.05) is 50.0 Å². The Morgan fingerprint density at radius 2 is 1.92 bits per heavy atom. The molecular formula is C20H24N4O2. The number of anilines is 1. The van der Waals surface area contributed by atoms with Crippen LogP contribution in [0.1, 0.15) is 6.92 Å². The van der Waals surface area contributed by atoms with Gasteiger partial charge >= 0.3 is 0 Å².